The van der Waals surface area contributed by atoms with Crippen molar-refractivity contribution >= 4 is 28.9 Å². The minimum atomic E-state index is -0.244. The second kappa shape index (κ2) is 7.05. The number of anilines is 3. The minimum absolute atomic E-state index is 0.00592. The lowest BCUT2D eigenvalue weighted by molar-refractivity contribution is -0.118. The van der Waals surface area contributed by atoms with Crippen LogP contribution in [-0.2, 0) is 9.53 Å². The number of nitrogens with one attached hydrogen (secondary N) is 2. The van der Waals surface area contributed by atoms with Crippen LogP contribution in [0.4, 0.5) is 17.1 Å². The summed E-state index contributed by atoms with van der Waals surface area (Å²) in [4.78, 5) is 26.1. The minimum Gasteiger partial charge on any atom is -0.482 e. The Morgan fingerprint density at radius 1 is 1.08 bits per heavy atom. The van der Waals surface area contributed by atoms with Gasteiger partial charge in [0.2, 0.25) is 0 Å². The van der Waals surface area contributed by atoms with E-state index in [4.69, 9.17) is 9.47 Å². The summed E-state index contributed by atoms with van der Waals surface area (Å²) in [6.07, 6.45) is 0. The topological polar surface area (TPSA) is 79.9 Å². The van der Waals surface area contributed by atoms with Crippen LogP contribution in [0.25, 0.3) is 0 Å². The molecule has 1 saturated heterocycles. The van der Waals surface area contributed by atoms with Gasteiger partial charge in [-0.05, 0) is 42.5 Å². The quantitative estimate of drug-likeness (QED) is 0.883. The zero-order valence-corrected chi connectivity index (χ0v) is 14.2. The average molecular weight is 353 g/mol. The van der Waals surface area contributed by atoms with Crippen molar-refractivity contribution in [2.24, 2.45) is 0 Å². The van der Waals surface area contributed by atoms with Crippen LogP contribution < -0.4 is 20.3 Å². The molecule has 7 heteroatoms. The number of amides is 2. The maximum Gasteiger partial charge on any atom is 0.262 e. The number of carbonyl (C=O) groups is 2. The van der Waals surface area contributed by atoms with E-state index in [9.17, 15) is 9.59 Å². The van der Waals surface area contributed by atoms with Crippen molar-refractivity contribution in [1.82, 2.24) is 0 Å². The molecule has 0 unspecified atom stereocenters. The summed E-state index contributed by atoms with van der Waals surface area (Å²) in [7, 11) is 0. The van der Waals surface area contributed by atoms with Gasteiger partial charge in [0.05, 0.1) is 18.9 Å². The van der Waals surface area contributed by atoms with Gasteiger partial charge in [0.25, 0.3) is 11.8 Å². The molecule has 0 atom stereocenters. The van der Waals surface area contributed by atoms with Gasteiger partial charge in [0.1, 0.15) is 5.75 Å². The van der Waals surface area contributed by atoms with Crippen molar-refractivity contribution in [3.8, 4) is 5.75 Å². The summed E-state index contributed by atoms with van der Waals surface area (Å²) in [5.74, 6) is 0.0940. The lowest BCUT2D eigenvalue weighted by atomic mass is 10.1. The monoisotopic (exact) mass is 353 g/mol. The molecule has 2 aromatic rings. The molecule has 0 aromatic heterocycles. The van der Waals surface area contributed by atoms with E-state index in [0.29, 0.717) is 22.7 Å². The molecular weight excluding hydrogens is 334 g/mol. The highest BCUT2D eigenvalue weighted by Gasteiger charge is 2.18. The Bertz CT molecular complexity index is 829. The molecule has 0 aliphatic carbocycles. The maximum atomic E-state index is 12.5. The number of benzene rings is 2. The molecule has 2 aliphatic heterocycles. The SMILES string of the molecule is O=C1COc2ccc(C(=O)Nc3ccc(N4CCOCC4)cc3)cc2N1. The first-order chi connectivity index (χ1) is 12.7. The van der Waals surface area contributed by atoms with Crippen molar-refractivity contribution < 1.29 is 19.1 Å². The van der Waals surface area contributed by atoms with Gasteiger partial charge in [0.15, 0.2) is 6.61 Å². The Kier molecular flexibility index (Phi) is 4.45. The van der Waals surface area contributed by atoms with Crippen molar-refractivity contribution in [2.45, 2.75) is 0 Å². The van der Waals surface area contributed by atoms with Gasteiger partial charge in [-0.25, -0.2) is 0 Å². The Balaban J connectivity index is 1.44. The standard InChI is InChI=1S/C19H19N3O4/c23-18-12-26-17-6-1-13(11-16(17)21-18)19(24)20-14-2-4-15(5-3-14)22-7-9-25-10-8-22/h1-6,11H,7-10,12H2,(H,20,24)(H,21,23). The molecule has 1 fully saturated rings. The van der Waals surface area contributed by atoms with E-state index >= 15 is 0 Å². The molecule has 0 radical (unpaired) electrons. The molecule has 2 amide bonds. The molecule has 0 bridgehead atoms. The van der Waals surface area contributed by atoms with Gasteiger partial charge < -0.3 is 25.0 Å². The van der Waals surface area contributed by atoms with Crippen molar-refractivity contribution in [1.29, 1.82) is 0 Å². The van der Waals surface area contributed by atoms with E-state index in [0.717, 1.165) is 32.0 Å². The molecule has 4 rings (SSSR count). The van der Waals surface area contributed by atoms with E-state index in [1.54, 1.807) is 18.2 Å². The first-order valence-corrected chi connectivity index (χ1v) is 8.50. The summed E-state index contributed by atoms with van der Waals surface area (Å²) in [5.41, 5.74) is 2.79. The number of carbonyl (C=O) groups excluding carboxylic acids is 2. The fourth-order valence-corrected chi connectivity index (χ4v) is 3.00. The van der Waals surface area contributed by atoms with Crippen LogP contribution >= 0.6 is 0 Å². The van der Waals surface area contributed by atoms with Gasteiger partial charge >= 0.3 is 0 Å². The van der Waals surface area contributed by atoms with Gasteiger partial charge in [-0.3, -0.25) is 9.59 Å². The Morgan fingerprint density at radius 3 is 2.62 bits per heavy atom. The van der Waals surface area contributed by atoms with Crippen molar-refractivity contribution in [2.75, 3.05) is 48.4 Å². The van der Waals surface area contributed by atoms with Gasteiger partial charge in [0, 0.05) is 30.0 Å². The summed E-state index contributed by atoms with van der Waals surface area (Å²) in [6, 6.07) is 12.7. The predicted octanol–water partition coefficient (Wildman–Crippen LogP) is 2.11. The van der Waals surface area contributed by atoms with Crippen LogP contribution in [0.5, 0.6) is 5.75 Å². The van der Waals surface area contributed by atoms with E-state index in [1.165, 1.54) is 0 Å². The summed E-state index contributed by atoms with van der Waals surface area (Å²) >= 11 is 0. The third kappa shape index (κ3) is 3.48. The number of hydrogen-bond acceptors (Lipinski definition) is 5. The zero-order valence-electron chi connectivity index (χ0n) is 14.2. The lowest BCUT2D eigenvalue weighted by Crippen LogP contribution is -2.36. The Morgan fingerprint density at radius 2 is 1.85 bits per heavy atom. The summed E-state index contributed by atoms with van der Waals surface area (Å²) in [5, 5.41) is 5.57. The van der Waals surface area contributed by atoms with Crippen LogP contribution in [0.3, 0.4) is 0 Å². The Labute approximate surface area is 150 Å². The number of rotatable bonds is 3. The third-order valence-corrected chi connectivity index (χ3v) is 4.38. The number of nitrogens with zero attached hydrogens (tertiary/aromatic N) is 1. The predicted molar refractivity (Wildman–Crippen MR) is 98.0 cm³/mol. The van der Waals surface area contributed by atoms with Gasteiger partial charge in [-0.15, -0.1) is 0 Å². The van der Waals surface area contributed by atoms with Gasteiger partial charge in [-0.1, -0.05) is 0 Å². The van der Waals surface area contributed by atoms with E-state index < -0.39 is 0 Å². The highest BCUT2D eigenvalue weighted by atomic mass is 16.5. The molecule has 7 nitrogen and oxygen atoms in total. The molecule has 2 N–H and O–H groups in total. The third-order valence-electron chi connectivity index (χ3n) is 4.38. The normalized spacial score (nSPS) is 16.3. The summed E-state index contributed by atoms with van der Waals surface area (Å²) in [6.45, 7) is 3.20. The largest absolute Gasteiger partial charge is 0.482 e. The van der Waals surface area contributed by atoms with E-state index in [-0.39, 0.29) is 18.4 Å². The van der Waals surface area contributed by atoms with Crippen LogP contribution in [0, 0.1) is 0 Å². The number of morpholine rings is 1. The summed E-state index contributed by atoms with van der Waals surface area (Å²) < 4.78 is 10.7. The lowest BCUT2D eigenvalue weighted by Gasteiger charge is -2.28. The Hall–Kier alpha value is -3.06. The highest BCUT2D eigenvalue weighted by molar-refractivity contribution is 6.06. The van der Waals surface area contributed by atoms with Crippen molar-refractivity contribution in [3.63, 3.8) is 0 Å². The molecule has 0 saturated carbocycles. The van der Waals surface area contributed by atoms with Crippen molar-refractivity contribution in [3.05, 3.63) is 48.0 Å². The fourth-order valence-electron chi connectivity index (χ4n) is 3.00. The van der Waals surface area contributed by atoms with Crippen LogP contribution in [0.2, 0.25) is 0 Å². The molecule has 134 valence electrons. The van der Waals surface area contributed by atoms with Crippen LogP contribution in [-0.4, -0.2) is 44.7 Å². The first-order valence-electron chi connectivity index (χ1n) is 8.50. The molecule has 26 heavy (non-hydrogen) atoms. The number of fused-ring (bicyclic) bond motifs is 1. The van der Waals surface area contributed by atoms with Gasteiger partial charge in [-0.2, -0.15) is 0 Å². The number of ether oxygens (including phenoxy) is 2. The maximum absolute atomic E-state index is 12.5. The highest BCUT2D eigenvalue weighted by Crippen LogP contribution is 2.29. The molecule has 2 heterocycles. The van der Waals surface area contributed by atoms with Crippen LogP contribution in [0.15, 0.2) is 42.5 Å². The zero-order chi connectivity index (χ0) is 17.9. The molecular formula is C19H19N3O4. The first kappa shape index (κ1) is 16.4. The second-order valence-electron chi connectivity index (χ2n) is 6.15. The average Bonchev–Trinajstić information content (AvgIpc) is 2.68. The molecule has 2 aliphatic rings. The van der Waals surface area contributed by atoms with E-state index in [2.05, 4.69) is 15.5 Å². The fraction of sp³-hybridized carbons (Fsp3) is 0.263. The van der Waals surface area contributed by atoms with Crippen LogP contribution in [0.1, 0.15) is 10.4 Å². The van der Waals surface area contributed by atoms with E-state index in [1.807, 2.05) is 24.3 Å². The second-order valence-corrected chi connectivity index (χ2v) is 6.15. The molecule has 0 spiro atoms. The molecule has 2 aromatic carbocycles. The smallest absolute Gasteiger partial charge is 0.262 e. The number of hydrogen-bond donors (Lipinski definition) is 2.